The smallest absolute Gasteiger partial charge is 0.426 e. The fourth-order valence-electron chi connectivity index (χ4n) is 2.10. The fourth-order valence-corrected chi connectivity index (χ4v) is 2.10. The number of hydrogen-bond acceptors (Lipinski definition) is 7. The second-order valence-corrected chi connectivity index (χ2v) is 7.67. The molecule has 0 atom stereocenters. The summed E-state index contributed by atoms with van der Waals surface area (Å²) in [6, 6.07) is 3.31. The van der Waals surface area contributed by atoms with Crippen molar-refractivity contribution in [2.75, 3.05) is 5.43 Å². The first-order valence-corrected chi connectivity index (χ1v) is 8.18. The van der Waals surface area contributed by atoms with Gasteiger partial charge in [0.25, 0.3) is 0 Å². The molecule has 140 valence electrons. The number of anilines is 1. The Morgan fingerprint density at radius 1 is 0.923 bits per heavy atom. The van der Waals surface area contributed by atoms with Crippen LogP contribution in [0.1, 0.15) is 51.9 Å². The number of hydrazine groups is 1. The molecule has 8 nitrogen and oxygen atoms in total. The van der Waals surface area contributed by atoms with Crippen LogP contribution < -0.4 is 10.9 Å². The lowest BCUT2D eigenvalue weighted by Crippen LogP contribution is -2.36. The van der Waals surface area contributed by atoms with E-state index in [0.29, 0.717) is 16.7 Å². The van der Waals surface area contributed by atoms with Crippen LogP contribution in [0.5, 0.6) is 0 Å². The highest BCUT2D eigenvalue weighted by Gasteiger charge is 2.24. The standard InChI is InChI=1S/C18H24N4O4/c1-17(2,3)25-15(23)13-11(21-22-16(24)26-18(4,5)6)7-8-12-14(13)20-10-9-19-12/h7-10,21H,1-6H3,(H,22,24). The molecule has 0 saturated carbocycles. The maximum Gasteiger partial charge on any atom is 0.426 e. The molecule has 0 aliphatic carbocycles. The number of esters is 1. The molecule has 0 aliphatic rings. The minimum Gasteiger partial charge on any atom is -0.456 e. The molecule has 0 spiro atoms. The van der Waals surface area contributed by atoms with E-state index >= 15 is 0 Å². The first kappa shape index (κ1) is 19.4. The maximum atomic E-state index is 12.7. The van der Waals surface area contributed by atoms with Crippen LogP contribution in [-0.4, -0.2) is 33.2 Å². The van der Waals surface area contributed by atoms with Gasteiger partial charge < -0.3 is 9.47 Å². The molecule has 0 fully saturated rings. The van der Waals surface area contributed by atoms with Crippen molar-refractivity contribution >= 4 is 28.8 Å². The number of hydrogen-bond donors (Lipinski definition) is 2. The third kappa shape index (κ3) is 5.30. The highest BCUT2D eigenvalue weighted by atomic mass is 16.6. The summed E-state index contributed by atoms with van der Waals surface area (Å²) in [6.45, 7) is 10.6. The Bertz CT molecular complexity index is 822. The highest BCUT2D eigenvalue weighted by molar-refractivity contribution is 6.07. The Labute approximate surface area is 152 Å². The zero-order chi connectivity index (χ0) is 19.5. The molecule has 1 heterocycles. The lowest BCUT2D eigenvalue weighted by atomic mass is 10.1. The van der Waals surface area contributed by atoms with E-state index in [0.717, 1.165) is 0 Å². The number of carbonyl (C=O) groups is 2. The average Bonchev–Trinajstić information content (AvgIpc) is 2.48. The number of amides is 1. The Hall–Kier alpha value is -2.90. The number of rotatable bonds is 3. The van der Waals surface area contributed by atoms with E-state index in [1.54, 1.807) is 53.7 Å². The van der Waals surface area contributed by atoms with Crippen molar-refractivity contribution in [1.29, 1.82) is 0 Å². The monoisotopic (exact) mass is 360 g/mol. The van der Waals surface area contributed by atoms with E-state index in [-0.39, 0.29) is 5.56 Å². The highest BCUT2D eigenvalue weighted by Crippen LogP contribution is 2.25. The Kier molecular flexibility index (Phi) is 5.34. The second kappa shape index (κ2) is 7.15. The summed E-state index contributed by atoms with van der Waals surface area (Å²) < 4.78 is 10.6. The van der Waals surface area contributed by atoms with Gasteiger partial charge in [0.1, 0.15) is 22.3 Å². The van der Waals surface area contributed by atoms with E-state index < -0.39 is 23.3 Å². The van der Waals surface area contributed by atoms with Gasteiger partial charge in [-0.25, -0.2) is 15.0 Å². The van der Waals surface area contributed by atoms with Crippen LogP contribution in [0.15, 0.2) is 24.5 Å². The van der Waals surface area contributed by atoms with E-state index in [1.165, 1.54) is 12.4 Å². The van der Waals surface area contributed by atoms with E-state index in [1.807, 2.05) is 0 Å². The number of benzene rings is 1. The van der Waals surface area contributed by atoms with Crippen LogP contribution in [0, 0.1) is 0 Å². The fraction of sp³-hybridized carbons (Fsp3) is 0.444. The van der Waals surface area contributed by atoms with E-state index in [4.69, 9.17) is 9.47 Å². The number of fused-ring (bicyclic) bond motifs is 1. The molecular weight excluding hydrogens is 336 g/mol. The number of ether oxygens (including phenoxy) is 2. The lowest BCUT2D eigenvalue weighted by molar-refractivity contribution is 0.00719. The predicted molar refractivity (Wildman–Crippen MR) is 97.7 cm³/mol. The van der Waals surface area contributed by atoms with Crippen LogP contribution in [-0.2, 0) is 9.47 Å². The Balaban J connectivity index is 2.35. The van der Waals surface area contributed by atoms with Gasteiger partial charge in [0, 0.05) is 12.4 Å². The summed E-state index contributed by atoms with van der Waals surface area (Å²) in [7, 11) is 0. The van der Waals surface area contributed by atoms with Gasteiger partial charge in [0.05, 0.1) is 11.2 Å². The van der Waals surface area contributed by atoms with Crippen LogP contribution in [0.4, 0.5) is 10.5 Å². The van der Waals surface area contributed by atoms with E-state index in [2.05, 4.69) is 20.8 Å². The molecule has 0 saturated heterocycles. The molecule has 0 bridgehead atoms. The van der Waals surface area contributed by atoms with Gasteiger partial charge in [-0.05, 0) is 53.7 Å². The lowest BCUT2D eigenvalue weighted by Gasteiger charge is -2.22. The van der Waals surface area contributed by atoms with Gasteiger partial charge in [-0.1, -0.05) is 0 Å². The molecule has 1 aromatic carbocycles. The minimum absolute atomic E-state index is 0.182. The number of nitrogens with zero attached hydrogens (tertiary/aromatic N) is 2. The van der Waals surface area contributed by atoms with Crippen molar-refractivity contribution in [1.82, 2.24) is 15.4 Å². The summed E-state index contributed by atoms with van der Waals surface area (Å²) in [4.78, 5) is 33.0. The van der Waals surface area contributed by atoms with E-state index in [9.17, 15) is 9.59 Å². The van der Waals surface area contributed by atoms with Crippen molar-refractivity contribution < 1.29 is 19.1 Å². The van der Waals surface area contributed by atoms with Gasteiger partial charge in [-0.2, -0.15) is 0 Å². The zero-order valence-corrected chi connectivity index (χ0v) is 15.8. The van der Waals surface area contributed by atoms with Crippen LogP contribution in [0.2, 0.25) is 0 Å². The van der Waals surface area contributed by atoms with Gasteiger partial charge in [0.2, 0.25) is 0 Å². The molecule has 1 aromatic heterocycles. The van der Waals surface area contributed by atoms with Crippen LogP contribution in [0.25, 0.3) is 11.0 Å². The summed E-state index contributed by atoms with van der Waals surface area (Å²) in [5, 5.41) is 0. The van der Waals surface area contributed by atoms with Crippen molar-refractivity contribution in [2.24, 2.45) is 0 Å². The van der Waals surface area contributed by atoms with Crippen LogP contribution >= 0.6 is 0 Å². The van der Waals surface area contributed by atoms with Gasteiger partial charge in [-0.3, -0.25) is 15.4 Å². The average molecular weight is 360 g/mol. The third-order valence-corrected chi connectivity index (χ3v) is 2.94. The molecule has 0 unspecified atom stereocenters. The predicted octanol–water partition coefficient (Wildman–Crippen LogP) is 3.44. The maximum absolute atomic E-state index is 12.7. The third-order valence-electron chi connectivity index (χ3n) is 2.94. The molecule has 1 amide bonds. The number of carbonyl (C=O) groups excluding carboxylic acids is 2. The van der Waals surface area contributed by atoms with Crippen molar-refractivity contribution in [3.05, 3.63) is 30.1 Å². The number of aromatic nitrogens is 2. The summed E-state index contributed by atoms with van der Waals surface area (Å²) in [5.41, 5.74) is 5.21. The topological polar surface area (TPSA) is 102 Å². The molecule has 2 rings (SSSR count). The number of nitrogens with one attached hydrogen (secondary N) is 2. The normalized spacial score (nSPS) is 11.8. The van der Waals surface area contributed by atoms with Crippen LogP contribution in [0.3, 0.4) is 0 Å². The molecule has 2 aromatic rings. The summed E-state index contributed by atoms with van der Waals surface area (Å²) in [5.74, 6) is -0.572. The molecule has 26 heavy (non-hydrogen) atoms. The van der Waals surface area contributed by atoms with Crippen molar-refractivity contribution in [3.63, 3.8) is 0 Å². The largest absolute Gasteiger partial charge is 0.456 e. The Morgan fingerprint density at radius 2 is 1.54 bits per heavy atom. The van der Waals surface area contributed by atoms with Crippen molar-refractivity contribution in [2.45, 2.75) is 52.7 Å². The first-order valence-electron chi connectivity index (χ1n) is 8.18. The van der Waals surface area contributed by atoms with Gasteiger partial charge in [-0.15, -0.1) is 0 Å². The minimum atomic E-state index is -0.683. The molecule has 8 heteroatoms. The molecule has 2 N–H and O–H groups in total. The summed E-state index contributed by atoms with van der Waals surface area (Å²) in [6.07, 6.45) is 2.35. The second-order valence-electron chi connectivity index (χ2n) is 7.67. The molecule has 0 radical (unpaired) electrons. The SMILES string of the molecule is CC(C)(C)OC(=O)NNc1ccc2nccnc2c1C(=O)OC(C)(C)C. The van der Waals surface area contributed by atoms with Gasteiger partial charge >= 0.3 is 12.1 Å². The summed E-state index contributed by atoms with van der Waals surface area (Å²) >= 11 is 0. The molecule has 0 aliphatic heterocycles. The quantitative estimate of drug-likeness (QED) is 0.638. The molecular formula is C18H24N4O4. The zero-order valence-electron chi connectivity index (χ0n) is 15.8. The first-order chi connectivity index (χ1) is 12.0. The Morgan fingerprint density at radius 3 is 2.15 bits per heavy atom. The van der Waals surface area contributed by atoms with Crippen molar-refractivity contribution in [3.8, 4) is 0 Å². The van der Waals surface area contributed by atoms with Gasteiger partial charge in [0.15, 0.2) is 0 Å².